The summed E-state index contributed by atoms with van der Waals surface area (Å²) in [4.78, 5) is 0. The maximum Gasteiger partial charge on any atom is -1.00 e. The minimum absolute atomic E-state index is 0. The smallest absolute Gasteiger partial charge is 1.00 e. The Labute approximate surface area is 99.1 Å². The van der Waals surface area contributed by atoms with Crippen LogP contribution in [0.5, 0.6) is 0 Å². The fraction of sp³-hybridized carbons (Fsp3) is 0.556. The van der Waals surface area contributed by atoms with E-state index in [1.165, 1.54) is 23.1 Å². The van der Waals surface area contributed by atoms with Crippen LogP contribution in [0.25, 0.3) is 0 Å². The second-order valence-electron chi connectivity index (χ2n) is 2.68. The van der Waals surface area contributed by atoms with Gasteiger partial charge >= 0.3 is 74.6 Å². The topological polar surface area (TPSA) is 0 Å². The monoisotopic (exact) mass is 239 g/mol. The number of hydrogen-bond donors (Lipinski definition) is 0. The van der Waals surface area contributed by atoms with E-state index < -0.39 is 0 Å². The number of rotatable bonds is 2. The summed E-state index contributed by atoms with van der Waals surface area (Å²) in [5, 5.41) is 0. The average Bonchev–Trinajstić information content (AvgIpc) is 2.30. The Bertz CT molecular complexity index is 195. The molecule has 0 spiro atoms. The van der Waals surface area contributed by atoms with Crippen LogP contribution >= 0.6 is 0 Å². The number of allylic oxidation sites excluding steroid dienone is 4. The largest absolute Gasteiger partial charge is 1.00 e. The first kappa shape index (κ1) is 15.3. The third-order valence-electron chi connectivity index (χ3n) is 2.01. The fourth-order valence-corrected chi connectivity index (χ4v) is 2.02. The summed E-state index contributed by atoms with van der Waals surface area (Å²) < 4.78 is 1.54. The Morgan fingerprint density at radius 2 is 1.83 bits per heavy atom. The molecule has 0 radical (unpaired) electrons. The third kappa shape index (κ3) is 3.66. The first-order chi connectivity index (χ1) is 4.77. The molecule has 0 saturated heterocycles. The normalized spacial score (nSPS) is 15.2. The van der Waals surface area contributed by atoms with Crippen LogP contribution in [0, 0.1) is 0 Å². The third-order valence-corrected chi connectivity index (χ3v) is 2.52. The predicted molar refractivity (Wildman–Crippen MR) is 40.3 cm³/mol. The van der Waals surface area contributed by atoms with Crippen LogP contribution in [0.15, 0.2) is 21.1 Å². The molecule has 0 amide bonds. The van der Waals surface area contributed by atoms with Gasteiger partial charge in [-0.2, -0.15) is 0 Å². The van der Waals surface area contributed by atoms with Crippen molar-refractivity contribution in [2.75, 3.05) is 0 Å². The van der Waals surface area contributed by atoms with Gasteiger partial charge in [0.1, 0.15) is 0 Å². The molecule has 12 heavy (non-hydrogen) atoms. The average molecular weight is 240 g/mol. The summed E-state index contributed by atoms with van der Waals surface area (Å²) in [7, 11) is 0. The summed E-state index contributed by atoms with van der Waals surface area (Å²) in [6.07, 6.45) is 6.02. The van der Waals surface area contributed by atoms with E-state index in [0.29, 0.717) is 0 Å². The van der Waals surface area contributed by atoms with Crippen LogP contribution in [-0.2, 0) is 20.4 Å². The Hall–Kier alpha value is 0.774. The molecule has 0 nitrogen and oxygen atoms in total. The first-order valence-corrected chi connectivity index (χ1v) is 4.69. The van der Waals surface area contributed by atoms with Crippen molar-refractivity contribution >= 4 is 0 Å². The van der Waals surface area contributed by atoms with Crippen LogP contribution in [0.3, 0.4) is 0 Å². The minimum Gasteiger partial charge on any atom is -1.00 e. The van der Waals surface area contributed by atoms with Crippen molar-refractivity contribution in [3.05, 3.63) is 21.1 Å². The van der Waals surface area contributed by atoms with Crippen molar-refractivity contribution < 1.29 is 45.2 Å². The Balaban J connectivity index is 0. The first-order valence-electron chi connectivity index (χ1n) is 3.91. The van der Waals surface area contributed by atoms with Gasteiger partial charge < -0.3 is 24.8 Å². The zero-order chi connectivity index (χ0) is 7.56. The molecule has 0 aromatic heterocycles. The van der Waals surface area contributed by atoms with Crippen LogP contribution in [-0.4, -0.2) is 0 Å². The zero-order valence-corrected chi connectivity index (χ0v) is 10.5. The molecule has 67 valence electrons. The molecule has 1 rings (SSSR count). The second kappa shape index (κ2) is 7.20. The molecule has 0 fully saturated rings. The summed E-state index contributed by atoms with van der Waals surface area (Å²) in [5.74, 6) is 0. The molecular weight excluding hydrogens is 227 g/mol. The number of halogens is 2. The van der Waals surface area contributed by atoms with Crippen molar-refractivity contribution in [2.45, 2.75) is 33.1 Å². The molecule has 0 bridgehead atoms. The molecule has 0 aliphatic heterocycles. The van der Waals surface area contributed by atoms with Gasteiger partial charge in [0.05, 0.1) is 0 Å². The summed E-state index contributed by atoms with van der Waals surface area (Å²) >= 11 is 2.22. The molecule has 0 saturated carbocycles. The Morgan fingerprint density at radius 1 is 1.25 bits per heavy atom. The quantitative estimate of drug-likeness (QED) is 0.450. The van der Waals surface area contributed by atoms with E-state index in [-0.39, 0.29) is 24.8 Å². The maximum atomic E-state index is 2.35. The van der Waals surface area contributed by atoms with E-state index in [2.05, 4.69) is 40.4 Å². The van der Waals surface area contributed by atoms with Crippen molar-refractivity contribution in [1.82, 2.24) is 0 Å². The van der Waals surface area contributed by atoms with Gasteiger partial charge in [0.15, 0.2) is 0 Å². The van der Waals surface area contributed by atoms with Crippen LogP contribution in [0.1, 0.15) is 33.1 Å². The van der Waals surface area contributed by atoms with Crippen LogP contribution < -0.4 is 24.8 Å². The molecule has 0 aromatic carbocycles. The van der Waals surface area contributed by atoms with Crippen molar-refractivity contribution in [3.8, 4) is 0 Å². The molecule has 0 atom stereocenters. The van der Waals surface area contributed by atoms with E-state index >= 15 is 0 Å². The molecule has 1 aliphatic rings. The second-order valence-corrected chi connectivity index (χ2v) is 3.69. The van der Waals surface area contributed by atoms with E-state index in [1.54, 1.807) is 11.1 Å². The van der Waals surface area contributed by atoms with Gasteiger partial charge in [0, 0.05) is 0 Å². The standard InChI is InChI=1S/C9H13.2ClH.Ti/c1-3-8-6-5-7-9(8)4-2;;;/h6H,3-4,7H2,1-2H3;2*1H;/q;;;+2/p-2. The molecule has 3 heteroatoms. The molecule has 0 aromatic rings. The van der Waals surface area contributed by atoms with Gasteiger partial charge in [-0.1, -0.05) is 0 Å². The maximum absolute atomic E-state index is 2.35. The van der Waals surface area contributed by atoms with Gasteiger partial charge in [0.25, 0.3) is 0 Å². The van der Waals surface area contributed by atoms with Gasteiger partial charge in [0.2, 0.25) is 0 Å². The van der Waals surface area contributed by atoms with E-state index in [0.717, 1.165) is 0 Å². The molecule has 0 heterocycles. The molecule has 0 unspecified atom stereocenters. The van der Waals surface area contributed by atoms with E-state index in [1.807, 2.05) is 0 Å². The summed E-state index contributed by atoms with van der Waals surface area (Å²) in [6.45, 7) is 4.48. The van der Waals surface area contributed by atoms with Crippen molar-refractivity contribution in [3.63, 3.8) is 0 Å². The van der Waals surface area contributed by atoms with Crippen LogP contribution in [0.2, 0.25) is 0 Å². The Kier molecular flexibility index (Phi) is 9.16. The van der Waals surface area contributed by atoms with Gasteiger partial charge in [-0.3, -0.25) is 0 Å². The van der Waals surface area contributed by atoms with Gasteiger partial charge in [-0.25, -0.2) is 0 Å². The summed E-state index contributed by atoms with van der Waals surface area (Å²) in [6, 6.07) is 0. The van der Waals surface area contributed by atoms with E-state index in [4.69, 9.17) is 0 Å². The van der Waals surface area contributed by atoms with Crippen molar-refractivity contribution in [2.24, 2.45) is 0 Å². The van der Waals surface area contributed by atoms with Crippen molar-refractivity contribution in [1.29, 1.82) is 0 Å². The molecule has 1 aliphatic carbocycles. The summed E-state index contributed by atoms with van der Waals surface area (Å²) in [5.41, 5.74) is 3.24. The Morgan fingerprint density at radius 3 is 2.17 bits per heavy atom. The minimum atomic E-state index is 0. The van der Waals surface area contributed by atoms with Gasteiger partial charge in [-0.15, -0.1) is 0 Å². The number of hydrogen-bond acceptors (Lipinski definition) is 0. The fourth-order valence-electron chi connectivity index (χ4n) is 1.41. The molecule has 0 N–H and O–H groups in total. The molecular formula is C9H13Cl2Ti. The van der Waals surface area contributed by atoms with E-state index in [9.17, 15) is 0 Å². The zero-order valence-electron chi connectivity index (χ0n) is 7.45. The predicted octanol–water partition coefficient (Wildman–Crippen LogP) is -3.05. The SMILES string of the molecule is CCC1=C(CC)C[C]([Ti+2])=C1.[Cl-].[Cl-]. The van der Waals surface area contributed by atoms with Gasteiger partial charge in [-0.05, 0) is 0 Å². The van der Waals surface area contributed by atoms with Crippen LogP contribution in [0.4, 0.5) is 0 Å².